The highest BCUT2D eigenvalue weighted by Crippen LogP contribution is 2.45. The van der Waals surface area contributed by atoms with Gasteiger partial charge >= 0.3 is 5.97 Å². The lowest BCUT2D eigenvalue weighted by molar-refractivity contribution is -0.131. The van der Waals surface area contributed by atoms with E-state index in [1.165, 1.54) is 5.56 Å². The summed E-state index contributed by atoms with van der Waals surface area (Å²) in [4.78, 5) is 11.1. The van der Waals surface area contributed by atoms with Crippen molar-refractivity contribution in [1.82, 2.24) is 0 Å². The molecule has 0 bridgehead atoms. The van der Waals surface area contributed by atoms with Crippen LogP contribution in [0.5, 0.6) is 11.5 Å². The van der Waals surface area contributed by atoms with Crippen molar-refractivity contribution in [1.29, 1.82) is 0 Å². The molecule has 0 radical (unpaired) electrons. The third kappa shape index (κ3) is 8.14. The average Bonchev–Trinajstić information content (AvgIpc) is 2.77. The van der Waals surface area contributed by atoms with Crippen LogP contribution in [0.3, 0.4) is 0 Å². The molecule has 0 heterocycles. The number of carbonyl (C=O) groups is 1. The van der Waals surface area contributed by atoms with Crippen molar-refractivity contribution < 1.29 is 24.1 Å². The topological polar surface area (TPSA) is 65.0 Å². The van der Waals surface area contributed by atoms with E-state index in [1.807, 2.05) is 18.2 Å². The van der Waals surface area contributed by atoms with E-state index in [-0.39, 0.29) is 17.6 Å². The minimum absolute atomic E-state index is 0.0795. The quantitative estimate of drug-likeness (QED) is 0.203. The molecule has 35 heavy (non-hydrogen) atoms. The van der Waals surface area contributed by atoms with Crippen LogP contribution in [-0.4, -0.2) is 31.6 Å². The molecule has 5 heteroatoms. The van der Waals surface area contributed by atoms with Gasteiger partial charge < -0.3 is 19.3 Å². The maximum atomic E-state index is 11.1. The zero-order chi connectivity index (χ0) is 26.2. The first-order valence-corrected chi connectivity index (χ1v) is 12.4. The molecule has 2 aromatic carbocycles. The molecule has 0 fully saturated rings. The highest BCUT2D eigenvalue weighted by molar-refractivity contribution is 5.86. The van der Waals surface area contributed by atoms with Crippen LogP contribution in [0, 0.1) is 0 Å². The van der Waals surface area contributed by atoms with Crippen molar-refractivity contribution in [3.05, 3.63) is 53.1 Å². The van der Waals surface area contributed by atoms with Crippen LogP contribution in [0.1, 0.15) is 84.4 Å². The van der Waals surface area contributed by atoms with Crippen molar-refractivity contribution in [3.63, 3.8) is 0 Å². The van der Waals surface area contributed by atoms with Gasteiger partial charge in [0, 0.05) is 29.9 Å². The number of aliphatic carboxylic acids is 1. The van der Waals surface area contributed by atoms with Gasteiger partial charge in [-0.2, -0.15) is 0 Å². The molecule has 0 amide bonds. The second-order valence-corrected chi connectivity index (χ2v) is 10.9. The Hall–Kier alpha value is -2.79. The number of hydrogen-bond acceptors (Lipinski definition) is 4. The number of carboxylic acids is 1. The third-order valence-electron chi connectivity index (χ3n) is 5.80. The number of benzene rings is 2. The minimum Gasteiger partial charge on any atom is -0.493 e. The van der Waals surface area contributed by atoms with E-state index in [0.29, 0.717) is 12.4 Å². The Morgan fingerprint density at radius 3 is 2.23 bits per heavy atom. The molecular weight excluding hydrogens is 440 g/mol. The molecule has 0 unspecified atom stereocenters. The number of hydrogen-bond donors (Lipinski definition) is 1. The Balaban J connectivity index is 2.85. The number of rotatable bonds is 11. The maximum Gasteiger partial charge on any atom is 0.328 e. The highest BCUT2D eigenvalue weighted by atomic mass is 16.7. The number of unbranched alkanes of at least 4 members (excludes halogenated alkanes) is 2. The largest absolute Gasteiger partial charge is 0.493 e. The summed E-state index contributed by atoms with van der Waals surface area (Å²) in [7, 11) is 1.59. The zero-order valence-corrected chi connectivity index (χ0v) is 22.7. The van der Waals surface area contributed by atoms with Gasteiger partial charge in [0.25, 0.3) is 0 Å². The summed E-state index contributed by atoms with van der Waals surface area (Å²) in [5.74, 6) is 0.517. The molecule has 0 saturated heterocycles. The summed E-state index contributed by atoms with van der Waals surface area (Å²) in [6.07, 6.45) is 5.94. The predicted octanol–water partition coefficient (Wildman–Crippen LogP) is 7.60. The number of methoxy groups -OCH3 is 1. The molecule has 0 aliphatic heterocycles. The summed E-state index contributed by atoms with van der Waals surface area (Å²) < 4.78 is 17.6. The first-order valence-electron chi connectivity index (χ1n) is 12.4. The Kier molecular flexibility index (Phi) is 9.96. The van der Waals surface area contributed by atoms with Gasteiger partial charge in [-0.05, 0) is 52.7 Å². The van der Waals surface area contributed by atoms with E-state index < -0.39 is 5.97 Å². The Morgan fingerprint density at radius 1 is 0.943 bits per heavy atom. The molecule has 0 spiro atoms. The van der Waals surface area contributed by atoms with Gasteiger partial charge in [0.15, 0.2) is 6.79 Å². The molecule has 5 nitrogen and oxygen atoms in total. The van der Waals surface area contributed by atoms with Gasteiger partial charge in [-0.3, -0.25) is 0 Å². The van der Waals surface area contributed by atoms with Gasteiger partial charge in [0.2, 0.25) is 0 Å². The molecule has 0 aromatic heterocycles. The van der Waals surface area contributed by atoms with E-state index in [1.54, 1.807) is 13.2 Å². The van der Waals surface area contributed by atoms with Gasteiger partial charge in [0.05, 0.1) is 6.61 Å². The summed E-state index contributed by atoms with van der Waals surface area (Å²) in [6, 6.07) is 10.1. The van der Waals surface area contributed by atoms with E-state index in [9.17, 15) is 4.79 Å². The smallest absolute Gasteiger partial charge is 0.328 e. The minimum atomic E-state index is -0.990. The van der Waals surface area contributed by atoms with Crippen LogP contribution in [0.15, 0.2) is 36.4 Å². The molecule has 2 rings (SSSR count). The van der Waals surface area contributed by atoms with Gasteiger partial charge in [-0.15, -0.1) is 0 Å². The number of carboxylic acid groups (broad SMARTS) is 1. The highest BCUT2D eigenvalue weighted by Gasteiger charge is 2.27. The molecule has 1 N–H and O–H groups in total. The molecule has 2 aromatic rings. The average molecular weight is 483 g/mol. The van der Waals surface area contributed by atoms with Crippen molar-refractivity contribution in [2.45, 2.75) is 78.6 Å². The maximum absolute atomic E-state index is 11.1. The molecule has 0 aliphatic carbocycles. The second kappa shape index (κ2) is 12.3. The lowest BCUT2D eigenvalue weighted by Gasteiger charge is -2.30. The van der Waals surface area contributed by atoms with E-state index >= 15 is 0 Å². The SMILES string of the molecule is CCCCCOc1c(-c2cc(/C=C/C(=O)O)ccc2OCOC)cc(C(C)(C)C)cc1C(C)(C)C. The van der Waals surface area contributed by atoms with Crippen LogP contribution < -0.4 is 9.47 Å². The van der Waals surface area contributed by atoms with Crippen LogP contribution in [-0.2, 0) is 20.4 Å². The summed E-state index contributed by atoms with van der Waals surface area (Å²) in [5.41, 5.74) is 4.66. The fourth-order valence-electron chi connectivity index (χ4n) is 3.78. The van der Waals surface area contributed by atoms with Gasteiger partial charge in [0.1, 0.15) is 11.5 Å². The molecule has 0 saturated carbocycles. The standard InChI is InChI=1S/C30H42O5/c1-9-10-11-16-34-28-24(18-22(29(2,3)4)19-25(28)30(5,6)7)23-17-21(13-15-27(31)32)12-14-26(23)35-20-33-8/h12-15,17-19H,9-11,16,20H2,1-8H3,(H,31,32)/b15-13+. The Labute approximate surface area is 211 Å². The van der Waals surface area contributed by atoms with Gasteiger partial charge in [-0.25, -0.2) is 4.79 Å². The molecule has 0 atom stereocenters. The van der Waals surface area contributed by atoms with Crippen molar-refractivity contribution in [2.24, 2.45) is 0 Å². The van der Waals surface area contributed by atoms with Crippen molar-refractivity contribution in [3.8, 4) is 22.6 Å². The first-order chi connectivity index (χ1) is 16.4. The summed E-state index contributed by atoms with van der Waals surface area (Å²) >= 11 is 0. The van der Waals surface area contributed by atoms with Crippen LogP contribution >= 0.6 is 0 Å². The fourth-order valence-corrected chi connectivity index (χ4v) is 3.78. The van der Waals surface area contributed by atoms with Crippen molar-refractivity contribution in [2.75, 3.05) is 20.5 Å². The van der Waals surface area contributed by atoms with Gasteiger partial charge in [-0.1, -0.05) is 73.4 Å². The van der Waals surface area contributed by atoms with Crippen LogP contribution in [0.4, 0.5) is 0 Å². The lowest BCUT2D eigenvalue weighted by Crippen LogP contribution is -2.19. The van der Waals surface area contributed by atoms with E-state index in [2.05, 4.69) is 60.6 Å². The van der Waals surface area contributed by atoms with E-state index in [0.717, 1.165) is 53.3 Å². The molecule has 192 valence electrons. The summed E-state index contributed by atoms with van der Waals surface area (Å²) in [5, 5.41) is 9.12. The van der Waals surface area contributed by atoms with Crippen molar-refractivity contribution >= 4 is 12.0 Å². The number of ether oxygens (including phenoxy) is 3. The normalized spacial score (nSPS) is 12.2. The molecular formula is C30H42O5. The predicted molar refractivity (Wildman–Crippen MR) is 143 cm³/mol. The monoisotopic (exact) mass is 482 g/mol. The van der Waals surface area contributed by atoms with Crippen LogP contribution in [0.2, 0.25) is 0 Å². The second-order valence-electron chi connectivity index (χ2n) is 10.9. The Bertz CT molecular complexity index is 1020. The van der Waals surface area contributed by atoms with Crippen LogP contribution in [0.25, 0.3) is 17.2 Å². The lowest BCUT2D eigenvalue weighted by atomic mass is 9.78. The van der Waals surface area contributed by atoms with E-state index in [4.69, 9.17) is 19.3 Å². The Morgan fingerprint density at radius 2 is 1.66 bits per heavy atom. The molecule has 0 aliphatic rings. The third-order valence-corrected chi connectivity index (χ3v) is 5.80. The zero-order valence-electron chi connectivity index (χ0n) is 22.7. The summed E-state index contributed by atoms with van der Waals surface area (Å²) in [6.45, 7) is 16.1. The first kappa shape index (κ1) is 28.4. The fraction of sp³-hybridized carbons (Fsp3) is 0.500.